The third-order valence-corrected chi connectivity index (χ3v) is 5.19. The average Bonchev–Trinajstić information content (AvgIpc) is 3.18. The van der Waals surface area contributed by atoms with Gasteiger partial charge in [-0.3, -0.25) is 0 Å². The molecule has 126 valence electrons. The van der Waals surface area contributed by atoms with Crippen molar-refractivity contribution in [1.82, 2.24) is 4.72 Å². The van der Waals surface area contributed by atoms with E-state index in [0.717, 1.165) is 18.9 Å². The van der Waals surface area contributed by atoms with Crippen LogP contribution >= 0.6 is 24.0 Å². The highest BCUT2D eigenvalue weighted by Gasteiger charge is 2.33. The lowest BCUT2D eigenvalue weighted by Gasteiger charge is -2.14. The Morgan fingerprint density at radius 2 is 1.95 bits per heavy atom. The topological polar surface area (TPSA) is 72.2 Å². The van der Waals surface area contributed by atoms with Crippen LogP contribution in [0.4, 0.5) is 13.2 Å². The number of nitrogens with one attached hydrogen (secondary N) is 1. The average molecular weight is 379 g/mol. The molecule has 1 aliphatic rings. The van der Waals surface area contributed by atoms with Gasteiger partial charge >= 0.3 is 6.18 Å². The summed E-state index contributed by atoms with van der Waals surface area (Å²) in [5.41, 5.74) is 4.78. The lowest BCUT2D eigenvalue weighted by atomic mass is 10.2. The molecular formula is C12H15Cl2F3N2O2S. The molecule has 22 heavy (non-hydrogen) atoms. The Hall–Kier alpha value is -0.540. The smallest absolute Gasteiger partial charge is 0.326 e. The van der Waals surface area contributed by atoms with E-state index in [1.165, 1.54) is 0 Å². The zero-order valence-corrected chi connectivity index (χ0v) is 13.6. The molecule has 3 N–H and O–H groups in total. The Morgan fingerprint density at radius 1 is 1.36 bits per heavy atom. The normalized spacial score (nSPS) is 17.0. The van der Waals surface area contributed by atoms with Crippen LogP contribution in [0.2, 0.25) is 5.02 Å². The molecule has 0 amide bonds. The second kappa shape index (κ2) is 6.92. The van der Waals surface area contributed by atoms with Crippen molar-refractivity contribution in [2.24, 2.45) is 11.7 Å². The molecular weight excluding hydrogens is 364 g/mol. The van der Waals surface area contributed by atoms with Crippen LogP contribution in [0.15, 0.2) is 23.1 Å². The summed E-state index contributed by atoms with van der Waals surface area (Å²) in [7, 11) is -3.98. The second-order valence-corrected chi connectivity index (χ2v) is 7.14. The molecule has 1 aromatic rings. The number of hydrogen-bond donors (Lipinski definition) is 2. The minimum absolute atomic E-state index is 0. The van der Waals surface area contributed by atoms with E-state index in [1.54, 1.807) is 0 Å². The predicted molar refractivity (Wildman–Crippen MR) is 79.6 cm³/mol. The Labute approximate surface area is 137 Å². The molecule has 1 unspecified atom stereocenters. The predicted octanol–water partition coefficient (Wildman–Crippen LogP) is 2.80. The van der Waals surface area contributed by atoms with E-state index in [1.807, 2.05) is 0 Å². The highest BCUT2D eigenvalue weighted by Crippen LogP contribution is 2.34. The summed E-state index contributed by atoms with van der Waals surface area (Å²) >= 11 is 5.66. The summed E-state index contributed by atoms with van der Waals surface area (Å²) < 4.78 is 63.9. The Bertz CT molecular complexity index is 634. The van der Waals surface area contributed by atoms with Gasteiger partial charge in [0.25, 0.3) is 0 Å². The molecule has 0 bridgehead atoms. The van der Waals surface area contributed by atoms with Crippen molar-refractivity contribution in [1.29, 1.82) is 0 Å². The van der Waals surface area contributed by atoms with Gasteiger partial charge in [0.1, 0.15) is 4.90 Å². The van der Waals surface area contributed by atoms with Crippen LogP contribution in [0.5, 0.6) is 0 Å². The summed E-state index contributed by atoms with van der Waals surface area (Å²) in [6.45, 7) is 0.0321. The van der Waals surface area contributed by atoms with E-state index >= 15 is 0 Å². The summed E-state index contributed by atoms with van der Waals surface area (Å²) in [5, 5.41) is -0.475. The maximum absolute atomic E-state index is 12.5. The van der Waals surface area contributed by atoms with Crippen molar-refractivity contribution in [3.8, 4) is 0 Å². The van der Waals surface area contributed by atoms with E-state index in [2.05, 4.69) is 4.72 Å². The number of sulfonamides is 1. The second-order valence-electron chi connectivity index (χ2n) is 5.00. The van der Waals surface area contributed by atoms with E-state index in [-0.39, 0.29) is 29.9 Å². The number of benzene rings is 1. The highest BCUT2D eigenvalue weighted by molar-refractivity contribution is 7.89. The van der Waals surface area contributed by atoms with Gasteiger partial charge in [-0.1, -0.05) is 11.6 Å². The van der Waals surface area contributed by atoms with Crippen LogP contribution in [0.3, 0.4) is 0 Å². The molecule has 1 aromatic carbocycles. The van der Waals surface area contributed by atoms with Crippen molar-refractivity contribution in [2.75, 3.05) is 6.54 Å². The maximum atomic E-state index is 12.5. The molecule has 0 saturated heterocycles. The van der Waals surface area contributed by atoms with E-state index in [4.69, 9.17) is 17.3 Å². The minimum atomic E-state index is -4.58. The zero-order chi connectivity index (χ0) is 15.8. The third kappa shape index (κ3) is 4.73. The van der Waals surface area contributed by atoms with Crippen molar-refractivity contribution >= 4 is 34.0 Å². The van der Waals surface area contributed by atoms with Gasteiger partial charge in [-0.2, -0.15) is 13.2 Å². The fourth-order valence-corrected chi connectivity index (χ4v) is 3.49. The molecule has 1 saturated carbocycles. The minimum Gasteiger partial charge on any atom is -0.326 e. The summed E-state index contributed by atoms with van der Waals surface area (Å²) in [6, 6.07) is 1.82. The fraction of sp³-hybridized carbons (Fsp3) is 0.500. The zero-order valence-electron chi connectivity index (χ0n) is 11.2. The highest BCUT2D eigenvalue weighted by atomic mass is 35.5. The van der Waals surface area contributed by atoms with Crippen molar-refractivity contribution in [3.05, 3.63) is 28.8 Å². The molecule has 0 heterocycles. The number of alkyl halides is 3. The first-order chi connectivity index (χ1) is 9.61. The van der Waals surface area contributed by atoms with Gasteiger partial charge in [0, 0.05) is 12.6 Å². The number of nitrogens with two attached hydrogens (primary N) is 1. The molecule has 4 nitrogen and oxygen atoms in total. The number of halogens is 5. The number of hydrogen-bond acceptors (Lipinski definition) is 3. The number of rotatable bonds is 5. The lowest BCUT2D eigenvalue weighted by Crippen LogP contribution is -2.38. The third-order valence-electron chi connectivity index (χ3n) is 3.29. The Balaban J connectivity index is 0.00000242. The van der Waals surface area contributed by atoms with Gasteiger partial charge in [-0.25, -0.2) is 13.1 Å². The van der Waals surface area contributed by atoms with Crippen LogP contribution in [0, 0.1) is 5.92 Å². The monoisotopic (exact) mass is 378 g/mol. The Morgan fingerprint density at radius 3 is 2.41 bits per heavy atom. The van der Waals surface area contributed by atoms with E-state index in [0.29, 0.717) is 18.1 Å². The molecule has 1 fully saturated rings. The van der Waals surface area contributed by atoms with Crippen LogP contribution in [-0.2, 0) is 16.2 Å². The first kappa shape index (κ1) is 19.5. The van der Waals surface area contributed by atoms with Crippen LogP contribution < -0.4 is 10.5 Å². The van der Waals surface area contributed by atoms with Gasteiger partial charge in [0.15, 0.2) is 0 Å². The van der Waals surface area contributed by atoms with Gasteiger partial charge in [0.05, 0.1) is 10.6 Å². The molecule has 0 aromatic heterocycles. The maximum Gasteiger partial charge on any atom is 0.416 e. The van der Waals surface area contributed by atoms with Gasteiger partial charge in [-0.15, -0.1) is 12.4 Å². The first-order valence-corrected chi connectivity index (χ1v) is 8.09. The molecule has 1 atom stereocenters. The van der Waals surface area contributed by atoms with Crippen molar-refractivity contribution in [3.63, 3.8) is 0 Å². The van der Waals surface area contributed by atoms with Gasteiger partial charge in [-0.05, 0) is 37.0 Å². The van der Waals surface area contributed by atoms with E-state index < -0.39 is 26.8 Å². The van der Waals surface area contributed by atoms with Gasteiger partial charge in [0.2, 0.25) is 10.0 Å². The quantitative estimate of drug-likeness (QED) is 0.827. The van der Waals surface area contributed by atoms with Crippen molar-refractivity contribution in [2.45, 2.75) is 30.0 Å². The first-order valence-electron chi connectivity index (χ1n) is 6.23. The molecule has 2 rings (SSSR count). The Kier molecular flexibility index (Phi) is 6.14. The van der Waals surface area contributed by atoms with Crippen LogP contribution in [0.1, 0.15) is 18.4 Å². The molecule has 10 heteroatoms. The van der Waals surface area contributed by atoms with Crippen molar-refractivity contribution < 1.29 is 21.6 Å². The van der Waals surface area contributed by atoms with Gasteiger partial charge < -0.3 is 5.73 Å². The lowest BCUT2D eigenvalue weighted by molar-refractivity contribution is -0.137. The largest absolute Gasteiger partial charge is 0.416 e. The standard InChI is InChI=1S/C12H14ClF3N2O2S.ClH/c13-9-5-8(12(14,15)16)3-4-11(9)21(19,20)18-6-10(17)7-1-2-7;/h3-5,7,10,18H,1-2,6,17H2;1H. The van der Waals surface area contributed by atoms with Crippen LogP contribution in [0.25, 0.3) is 0 Å². The van der Waals surface area contributed by atoms with E-state index in [9.17, 15) is 21.6 Å². The molecule has 1 aliphatic carbocycles. The molecule has 0 spiro atoms. The molecule has 0 aliphatic heterocycles. The summed E-state index contributed by atoms with van der Waals surface area (Å²) in [4.78, 5) is -0.389. The summed E-state index contributed by atoms with van der Waals surface area (Å²) in [6.07, 6.45) is -2.65. The fourth-order valence-electron chi connectivity index (χ4n) is 1.87. The molecule has 0 radical (unpaired) electrons. The summed E-state index contributed by atoms with van der Waals surface area (Å²) in [5.74, 6) is 0.302. The van der Waals surface area contributed by atoms with Crippen LogP contribution in [-0.4, -0.2) is 21.0 Å². The SMILES string of the molecule is Cl.NC(CNS(=O)(=O)c1ccc(C(F)(F)F)cc1Cl)C1CC1.